The minimum absolute atomic E-state index is 0.828. The molecule has 0 spiro atoms. The van der Waals surface area contributed by atoms with Crippen LogP contribution in [0.1, 0.15) is 13.8 Å². The lowest BCUT2D eigenvalue weighted by molar-refractivity contribution is 0.787. The zero-order valence-corrected chi connectivity index (χ0v) is 12.7. The summed E-state index contributed by atoms with van der Waals surface area (Å²) in [7, 11) is 0. The number of aryl methyl sites for hydroxylation is 2. The first-order valence-electron chi connectivity index (χ1n) is 7.34. The molecular formula is C16H18N6. The maximum Gasteiger partial charge on any atom is 0.177 e. The summed E-state index contributed by atoms with van der Waals surface area (Å²) in [5.74, 6) is 0. The van der Waals surface area contributed by atoms with Crippen LogP contribution in [-0.4, -0.2) is 29.1 Å². The maximum absolute atomic E-state index is 4.19. The highest BCUT2D eigenvalue weighted by atomic mass is 15.1. The average molecular weight is 294 g/mol. The number of nitrogens with zero attached hydrogens (tertiary/aromatic N) is 6. The van der Waals surface area contributed by atoms with Crippen molar-refractivity contribution in [1.29, 1.82) is 0 Å². The molecule has 0 bridgehead atoms. The summed E-state index contributed by atoms with van der Waals surface area (Å²) in [6.07, 6.45) is 8.98. The van der Waals surface area contributed by atoms with E-state index in [0.29, 0.717) is 0 Å². The fraction of sp³-hybridized carbons (Fsp3) is 0.250. The minimum atomic E-state index is 0.828. The smallest absolute Gasteiger partial charge is 0.177 e. The Balaban J connectivity index is 0.000000131. The van der Waals surface area contributed by atoms with Crippen LogP contribution in [0.3, 0.4) is 0 Å². The van der Waals surface area contributed by atoms with Crippen molar-refractivity contribution < 1.29 is 0 Å². The van der Waals surface area contributed by atoms with Gasteiger partial charge in [0.1, 0.15) is 5.52 Å². The van der Waals surface area contributed by atoms with Crippen LogP contribution in [0.5, 0.6) is 0 Å². The molecule has 0 aromatic carbocycles. The quantitative estimate of drug-likeness (QED) is 0.570. The molecule has 0 atom stereocenters. The third-order valence-corrected chi connectivity index (χ3v) is 3.50. The van der Waals surface area contributed by atoms with Crippen LogP contribution in [0.2, 0.25) is 0 Å². The van der Waals surface area contributed by atoms with Gasteiger partial charge in [-0.1, -0.05) is 0 Å². The second-order valence-corrected chi connectivity index (χ2v) is 4.77. The van der Waals surface area contributed by atoms with Crippen LogP contribution in [0.4, 0.5) is 0 Å². The lowest BCUT2D eigenvalue weighted by atomic mass is 10.4. The second kappa shape index (κ2) is 6.34. The molecule has 0 aliphatic rings. The van der Waals surface area contributed by atoms with Crippen molar-refractivity contribution in [3.8, 4) is 0 Å². The Morgan fingerprint density at radius 1 is 0.864 bits per heavy atom. The van der Waals surface area contributed by atoms with E-state index in [1.807, 2.05) is 30.9 Å². The van der Waals surface area contributed by atoms with Gasteiger partial charge >= 0.3 is 0 Å². The Morgan fingerprint density at radius 3 is 2.45 bits per heavy atom. The van der Waals surface area contributed by atoms with E-state index in [4.69, 9.17) is 0 Å². The van der Waals surface area contributed by atoms with Crippen LogP contribution >= 0.6 is 0 Å². The van der Waals surface area contributed by atoms with Gasteiger partial charge in [-0.25, -0.2) is 15.0 Å². The Labute approximate surface area is 128 Å². The Morgan fingerprint density at radius 2 is 1.64 bits per heavy atom. The van der Waals surface area contributed by atoms with Gasteiger partial charge < -0.3 is 9.13 Å². The molecular weight excluding hydrogens is 276 g/mol. The highest BCUT2D eigenvalue weighted by molar-refractivity contribution is 5.73. The fourth-order valence-corrected chi connectivity index (χ4v) is 2.32. The van der Waals surface area contributed by atoms with Gasteiger partial charge in [-0.15, -0.1) is 0 Å². The number of fused-ring (bicyclic) bond motifs is 2. The van der Waals surface area contributed by atoms with E-state index >= 15 is 0 Å². The van der Waals surface area contributed by atoms with Crippen LogP contribution in [0.15, 0.2) is 49.4 Å². The summed E-state index contributed by atoms with van der Waals surface area (Å²) in [5, 5.41) is 0. The molecule has 0 saturated carbocycles. The van der Waals surface area contributed by atoms with Crippen molar-refractivity contribution in [3.63, 3.8) is 0 Å². The van der Waals surface area contributed by atoms with Crippen molar-refractivity contribution >= 4 is 22.2 Å². The molecule has 4 aromatic rings. The largest absolute Gasteiger partial charge is 0.331 e. The summed E-state index contributed by atoms with van der Waals surface area (Å²) in [6.45, 7) is 6.10. The van der Waals surface area contributed by atoms with E-state index in [1.165, 1.54) is 0 Å². The molecule has 4 heterocycles. The molecule has 4 rings (SSSR count). The number of rotatable bonds is 2. The van der Waals surface area contributed by atoms with E-state index in [1.54, 1.807) is 18.6 Å². The molecule has 0 aliphatic heterocycles. The van der Waals surface area contributed by atoms with Crippen LogP contribution in [0.25, 0.3) is 22.2 Å². The third kappa shape index (κ3) is 2.67. The predicted octanol–water partition coefficient (Wildman–Crippen LogP) is 2.90. The highest BCUT2D eigenvalue weighted by Gasteiger charge is 1.98. The van der Waals surface area contributed by atoms with E-state index in [2.05, 4.69) is 42.9 Å². The van der Waals surface area contributed by atoms with Gasteiger partial charge in [0.05, 0.1) is 29.9 Å². The summed E-state index contributed by atoms with van der Waals surface area (Å²) >= 11 is 0. The SMILES string of the molecule is CCn1cnc2cnccc21.CCn1cnc2ncccc21. The first-order chi connectivity index (χ1) is 10.8. The van der Waals surface area contributed by atoms with Gasteiger partial charge in [0, 0.05) is 25.5 Å². The first-order valence-corrected chi connectivity index (χ1v) is 7.34. The zero-order chi connectivity index (χ0) is 15.4. The number of aromatic nitrogens is 6. The second-order valence-electron chi connectivity index (χ2n) is 4.77. The van der Waals surface area contributed by atoms with Crippen molar-refractivity contribution in [2.24, 2.45) is 0 Å². The fourth-order valence-electron chi connectivity index (χ4n) is 2.32. The van der Waals surface area contributed by atoms with Gasteiger partial charge in [0.25, 0.3) is 0 Å². The van der Waals surface area contributed by atoms with Gasteiger partial charge in [-0.2, -0.15) is 0 Å². The molecule has 6 nitrogen and oxygen atoms in total. The molecule has 0 N–H and O–H groups in total. The van der Waals surface area contributed by atoms with Crippen molar-refractivity contribution in [2.75, 3.05) is 0 Å². The Bertz CT molecular complexity index is 802. The Hall–Kier alpha value is -2.76. The molecule has 0 fully saturated rings. The van der Waals surface area contributed by atoms with Crippen molar-refractivity contribution in [3.05, 3.63) is 49.4 Å². The van der Waals surface area contributed by atoms with Gasteiger partial charge in [-0.3, -0.25) is 4.98 Å². The summed E-state index contributed by atoms with van der Waals surface area (Å²) in [6, 6.07) is 5.93. The number of imidazole rings is 2. The standard InChI is InChI=1S/2C8H9N3/c1-2-11-6-10-7-5-9-4-3-8(7)11;1-2-11-6-10-8-7(11)4-3-5-9-8/h2*3-6H,2H2,1H3. The average Bonchev–Trinajstić information content (AvgIpc) is 3.19. The zero-order valence-electron chi connectivity index (χ0n) is 12.7. The number of hydrogen-bond acceptors (Lipinski definition) is 4. The lowest BCUT2D eigenvalue weighted by Crippen LogP contribution is -1.89. The molecule has 0 saturated heterocycles. The first kappa shape index (κ1) is 14.2. The normalized spacial score (nSPS) is 10.6. The van der Waals surface area contributed by atoms with Crippen molar-refractivity contribution in [2.45, 2.75) is 26.9 Å². The number of hydrogen-bond donors (Lipinski definition) is 0. The third-order valence-electron chi connectivity index (χ3n) is 3.50. The molecule has 0 radical (unpaired) electrons. The maximum atomic E-state index is 4.19. The van der Waals surface area contributed by atoms with Crippen LogP contribution < -0.4 is 0 Å². The Kier molecular flexibility index (Phi) is 4.09. The van der Waals surface area contributed by atoms with E-state index < -0.39 is 0 Å². The summed E-state index contributed by atoms with van der Waals surface area (Å²) in [4.78, 5) is 16.4. The lowest BCUT2D eigenvalue weighted by Gasteiger charge is -1.95. The summed E-state index contributed by atoms with van der Waals surface area (Å²) < 4.78 is 4.17. The highest BCUT2D eigenvalue weighted by Crippen LogP contribution is 2.09. The predicted molar refractivity (Wildman–Crippen MR) is 86.4 cm³/mol. The molecule has 6 heteroatoms. The van der Waals surface area contributed by atoms with Crippen molar-refractivity contribution in [1.82, 2.24) is 29.1 Å². The molecule has 0 amide bonds. The molecule has 4 aromatic heterocycles. The number of pyridine rings is 2. The summed E-state index contributed by atoms with van der Waals surface area (Å²) in [5.41, 5.74) is 4.06. The minimum Gasteiger partial charge on any atom is -0.331 e. The van der Waals surface area contributed by atoms with Gasteiger partial charge in [0.15, 0.2) is 5.65 Å². The van der Waals surface area contributed by atoms with Gasteiger partial charge in [-0.05, 0) is 32.0 Å². The van der Waals surface area contributed by atoms with E-state index in [-0.39, 0.29) is 0 Å². The van der Waals surface area contributed by atoms with Crippen LogP contribution in [-0.2, 0) is 13.1 Å². The topological polar surface area (TPSA) is 61.4 Å². The van der Waals surface area contributed by atoms with Gasteiger partial charge in [0.2, 0.25) is 0 Å². The van der Waals surface area contributed by atoms with Crippen LogP contribution in [0, 0.1) is 0 Å². The molecule has 22 heavy (non-hydrogen) atoms. The molecule has 112 valence electrons. The molecule has 0 unspecified atom stereocenters. The molecule has 0 aliphatic carbocycles. The van der Waals surface area contributed by atoms with E-state index in [9.17, 15) is 0 Å². The monoisotopic (exact) mass is 294 g/mol. The van der Waals surface area contributed by atoms with E-state index in [0.717, 1.165) is 35.3 Å².